The molecule has 1 saturated carbocycles. The Balaban J connectivity index is 1.51. The molecule has 2 aliphatic rings. The Kier molecular flexibility index (Phi) is 3.93. The van der Waals surface area contributed by atoms with E-state index in [9.17, 15) is 4.79 Å². The highest BCUT2D eigenvalue weighted by Gasteiger charge is 2.47. The summed E-state index contributed by atoms with van der Waals surface area (Å²) >= 11 is 1.70. The summed E-state index contributed by atoms with van der Waals surface area (Å²) in [5.41, 5.74) is 2.38. The SMILES string of the molecule is Cc1csc([C@@H]2CCCCN2C(=O)[C@H]2C[C@@H]2c2ccccc2)n1. The van der Waals surface area contributed by atoms with Crippen molar-refractivity contribution in [1.82, 2.24) is 9.88 Å². The average Bonchev–Trinajstić information content (AvgIpc) is 3.29. The fourth-order valence-electron chi connectivity index (χ4n) is 3.73. The maximum absolute atomic E-state index is 13.0. The van der Waals surface area contributed by atoms with Gasteiger partial charge in [-0.1, -0.05) is 30.3 Å². The molecule has 2 fully saturated rings. The van der Waals surface area contributed by atoms with Crippen LogP contribution in [0.1, 0.15) is 53.9 Å². The number of hydrogen-bond acceptors (Lipinski definition) is 3. The highest BCUT2D eigenvalue weighted by atomic mass is 32.1. The van der Waals surface area contributed by atoms with Gasteiger partial charge in [0, 0.05) is 23.5 Å². The molecule has 1 aromatic heterocycles. The minimum Gasteiger partial charge on any atom is -0.333 e. The van der Waals surface area contributed by atoms with Gasteiger partial charge in [-0.15, -0.1) is 11.3 Å². The molecule has 3 nitrogen and oxygen atoms in total. The second kappa shape index (κ2) is 6.08. The smallest absolute Gasteiger partial charge is 0.226 e. The third-order valence-electron chi connectivity index (χ3n) is 5.04. The second-order valence-corrected chi connectivity index (χ2v) is 7.62. The van der Waals surface area contributed by atoms with Gasteiger partial charge >= 0.3 is 0 Å². The number of amides is 1. The van der Waals surface area contributed by atoms with Crippen molar-refractivity contribution >= 4 is 17.2 Å². The summed E-state index contributed by atoms with van der Waals surface area (Å²) in [6, 6.07) is 10.7. The van der Waals surface area contributed by atoms with Crippen LogP contribution in [0.15, 0.2) is 35.7 Å². The summed E-state index contributed by atoms with van der Waals surface area (Å²) in [6.07, 6.45) is 4.37. The van der Waals surface area contributed by atoms with E-state index < -0.39 is 0 Å². The van der Waals surface area contributed by atoms with E-state index in [0.717, 1.165) is 36.5 Å². The van der Waals surface area contributed by atoms with Crippen molar-refractivity contribution in [2.75, 3.05) is 6.54 Å². The van der Waals surface area contributed by atoms with E-state index in [-0.39, 0.29) is 12.0 Å². The monoisotopic (exact) mass is 326 g/mol. The van der Waals surface area contributed by atoms with Crippen molar-refractivity contribution < 1.29 is 4.79 Å². The van der Waals surface area contributed by atoms with Crippen LogP contribution in [-0.2, 0) is 4.79 Å². The van der Waals surface area contributed by atoms with Gasteiger partial charge in [0.2, 0.25) is 5.91 Å². The Hall–Kier alpha value is -1.68. The molecule has 2 aromatic rings. The van der Waals surface area contributed by atoms with Gasteiger partial charge in [0.05, 0.1) is 6.04 Å². The molecule has 0 spiro atoms. The van der Waals surface area contributed by atoms with Crippen molar-refractivity contribution in [2.45, 2.75) is 44.6 Å². The first-order valence-electron chi connectivity index (χ1n) is 8.51. The molecule has 2 heterocycles. The fourth-order valence-corrected chi connectivity index (χ4v) is 4.67. The van der Waals surface area contributed by atoms with Crippen LogP contribution in [-0.4, -0.2) is 22.3 Å². The molecular formula is C19H22N2OS. The van der Waals surface area contributed by atoms with Gasteiger partial charge in [-0.2, -0.15) is 0 Å². The van der Waals surface area contributed by atoms with Gasteiger partial charge in [-0.3, -0.25) is 4.79 Å². The number of aryl methyl sites for hydroxylation is 1. The van der Waals surface area contributed by atoms with Crippen molar-refractivity contribution in [3.05, 3.63) is 52.0 Å². The molecule has 0 bridgehead atoms. The van der Waals surface area contributed by atoms with E-state index in [1.807, 2.05) is 13.0 Å². The summed E-state index contributed by atoms with van der Waals surface area (Å²) < 4.78 is 0. The van der Waals surface area contributed by atoms with Crippen LogP contribution in [0, 0.1) is 12.8 Å². The number of likely N-dealkylation sites (tertiary alicyclic amines) is 1. The first-order valence-corrected chi connectivity index (χ1v) is 9.39. The first kappa shape index (κ1) is 14.9. The lowest BCUT2D eigenvalue weighted by Gasteiger charge is -2.35. The Morgan fingerprint density at radius 1 is 1.26 bits per heavy atom. The number of benzene rings is 1. The van der Waals surface area contributed by atoms with Crippen molar-refractivity contribution in [3.8, 4) is 0 Å². The van der Waals surface area contributed by atoms with Crippen LogP contribution >= 0.6 is 11.3 Å². The molecule has 4 heteroatoms. The second-order valence-electron chi connectivity index (χ2n) is 6.73. The van der Waals surface area contributed by atoms with E-state index >= 15 is 0 Å². The Morgan fingerprint density at radius 3 is 2.83 bits per heavy atom. The van der Waals surface area contributed by atoms with E-state index in [2.05, 4.69) is 39.5 Å². The Labute approximate surface area is 141 Å². The van der Waals surface area contributed by atoms with Crippen molar-refractivity contribution in [2.24, 2.45) is 5.92 Å². The number of thiazole rings is 1. The molecule has 120 valence electrons. The van der Waals surface area contributed by atoms with Crippen LogP contribution < -0.4 is 0 Å². The number of hydrogen-bond donors (Lipinski definition) is 0. The molecule has 0 N–H and O–H groups in total. The summed E-state index contributed by atoms with van der Waals surface area (Å²) in [6.45, 7) is 2.92. The molecule has 1 aromatic carbocycles. The zero-order valence-electron chi connectivity index (χ0n) is 13.4. The average molecular weight is 326 g/mol. The standard InChI is InChI=1S/C19H22N2OS/c1-13-12-23-18(20-13)17-9-5-6-10-21(17)19(22)16-11-15(16)14-7-3-2-4-8-14/h2-4,7-8,12,15-17H,5-6,9-11H2,1H3/t15-,16+,17+/m1/s1. The summed E-state index contributed by atoms with van der Waals surface area (Å²) in [5.74, 6) is 0.944. The third-order valence-corrected chi connectivity index (χ3v) is 6.11. The van der Waals surface area contributed by atoms with Crippen LogP contribution in [0.25, 0.3) is 0 Å². The predicted molar refractivity (Wildman–Crippen MR) is 92.4 cm³/mol. The number of rotatable bonds is 3. The van der Waals surface area contributed by atoms with Crippen molar-refractivity contribution in [1.29, 1.82) is 0 Å². The number of carbonyl (C=O) groups excluding carboxylic acids is 1. The third kappa shape index (κ3) is 2.92. The number of piperidine rings is 1. The molecule has 4 rings (SSSR count). The summed E-state index contributed by atoms with van der Waals surface area (Å²) in [7, 11) is 0. The van der Waals surface area contributed by atoms with Gasteiger partial charge in [-0.05, 0) is 44.1 Å². The summed E-state index contributed by atoms with van der Waals surface area (Å²) in [5, 5.41) is 3.21. The predicted octanol–water partition coefficient (Wildman–Crippen LogP) is 4.31. The zero-order valence-corrected chi connectivity index (χ0v) is 14.3. The normalized spacial score (nSPS) is 27.0. The lowest BCUT2D eigenvalue weighted by Crippen LogP contribution is -2.39. The van der Waals surface area contributed by atoms with Gasteiger partial charge in [-0.25, -0.2) is 4.98 Å². The van der Waals surface area contributed by atoms with Crippen molar-refractivity contribution in [3.63, 3.8) is 0 Å². The van der Waals surface area contributed by atoms with E-state index in [4.69, 9.17) is 0 Å². The zero-order chi connectivity index (χ0) is 15.8. The van der Waals surface area contributed by atoms with Crippen LogP contribution in [0.4, 0.5) is 0 Å². The molecule has 0 unspecified atom stereocenters. The Morgan fingerprint density at radius 2 is 2.09 bits per heavy atom. The van der Waals surface area contributed by atoms with E-state index in [1.165, 1.54) is 12.0 Å². The molecule has 0 radical (unpaired) electrons. The minimum atomic E-state index is 0.180. The molecule has 1 aliphatic heterocycles. The quantitative estimate of drug-likeness (QED) is 0.842. The van der Waals surface area contributed by atoms with Gasteiger partial charge in [0.15, 0.2) is 0 Å². The number of nitrogens with zero attached hydrogens (tertiary/aromatic N) is 2. The van der Waals surface area contributed by atoms with Crippen LogP contribution in [0.2, 0.25) is 0 Å². The van der Waals surface area contributed by atoms with E-state index in [1.54, 1.807) is 11.3 Å². The highest BCUT2D eigenvalue weighted by molar-refractivity contribution is 7.09. The molecule has 1 saturated heterocycles. The van der Waals surface area contributed by atoms with Gasteiger partial charge in [0.25, 0.3) is 0 Å². The first-order chi connectivity index (χ1) is 11.2. The maximum atomic E-state index is 13.0. The highest BCUT2D eigenvalue weighted by Crippen LogP contribution is 2.50. The van der Waals surface area contributed by atoms with Crippen LogP contribution in [0.3, 0.4) is 0 Å². The molecule has 3 atom stereocenters. The maximum Gasteiger partial charge on any atom is 0.226 e. The number of aromatic nitrogens is 1. The van der Waals surface area contributed by atoms with E-state index in [0.29, 0.717) is 11.8 Å². The van der Waals surface area contributed by atoms with Gasteiger partial charge < -0.3 is 4.90 Å². The lowest BCUT2D eigenvalue weighted by molar-refractivity contribution is -0.136. The molecular weight excluding hydrogens is 304 g/mol. The molecule has 1 aliphatic carbocycles. The topological polar surface area (TPSA) is 33.2 Å². The number of carbonyl (C=O) groups is 1. The minimum absolute atomic E-state index is 0.180. The molecule has 1 amide bonds. The summed E-state index contributed by atoms with van der Waals surface area (Å²) in [4.78, 5) is 19.8. The Bertz CT molecular complexity index is 696. The van der Waals surface area contributed by atoms with Gasteiger partial charge in [0.1, 0.15) is 5.01 Å². The van der Waals surface area contributed by atoms with Crippen LogP contribution in [0.5, 0.6) is 0 Å². The molecule has 23 heavy (non-hydrogen) atoms. The lowest BCUT2D eigenvalue weighted by atomic mass is 10.0. The fraction of sp³-hybridized carbons (Fsp3) is 0.474. The largest absolute Gasteiger partial charge is 0.333 e.